The van der Waals surface area contributed by atoms with Crippen molar-refractivity contribution in [2.45, 2.75) is 57.1 Å². The number of aromatic nitrogens is 1. The van der Waals surface area contributed by atoms with E-state index in [1.807, 2.05) is 35.2 Å². The molecular formula is C25H33N3O3. The molecule has 3 atom stereocenters. The molecule has 1 unspecified atom stereocenters. The summed E-state index contributed by atoms with van der Waals surface area (Å²) in [4.78, 5) is 18.7. The number of benzene rings is 1. The van der Waals surface area contributed by atoms with E-state index in [9.17, 15) is 9.90 Å². The lowest BCUT2D eigenvalue weighted by molar-refractivity contribution is -0.143. The first-order valence-corrected chi connectivity index (χ1v) is 11.5. The zero-order valence-corrected chi connectivity index (χ0v) is 18.3. The summed E-state index contributed by atoms with van der Waals surface area (Å²) in [5, 5.41) is 13.1. The predicted octanol–water partition coefficient (Wildman–Crippen LogP) is 4.24. The second-order valence-corrected chi connectivity index (χ2v) is 8.74. The number of pyridine rings is 1. The standard InChI is InChI=1S/C25H33N3O3/c1-18-12-14-26-24-22(18)11-10-20(27-24)9-5-6-16-31-21-13-15-28(17-21)23(25(29)30)19-7-3-2-4-8-19/h2-4,7-8,10-11,18,21,23H,5-6,9,12-17H2,1H3,(H,26,27)(H,29,30)/t18?,21-,23-/m1/s1. The van der Waals surface area contributed by atoms with E-state index in [-0.39, 0.29) is 6.10 Å². The van der Waals surface area contributed by atoms with Crippen molar-refractivity contribution < 1.29 is 14.6 Å². The molecular weight excluding hydrogens is 390 g/mol. The first-order valence-electron chi connectivity index (χ1n) is 11.5. The first kappa shape index (κ1) is 21.8. The number of anilines is 1. The molecule has 4 rings (SSSR count). The number of carboxylic acids is 1. The van der Waals surface area contributed by atoms with Crippen molar-refractivity contribution >= 4 is 11.8 Å². The average Bonchev–Trinajstić information content (AvgIpc) is 3.22. The fraction of sp³-hybridized carbons (Fsp3) is 0.520. The third-order valence-corrected chi connectivity index (χ3v) is 6.46. The Morgan fingerprint density at radius 1 is 1.23 bits per heavy atom. The van der Waals surface area contributed by atoms with Crippen molar-refractivity contribution in [1.82, 2.24) is 9.88 Å². The maximum Gasteiger partial charge on any atom is 0.325 e. The smallest absolute Gasteiger partial charge is 0.325 e. The molecule has 31 heavy (non-hydrogen) atoms. The monoisotopic (exact) mass is 423 g/mol. The molecule has 166 valence electrons. The predicted molar refractivity (Wildman–Crippen MR) is 121 cm³/mol. The number of aliphatic carboxylic acids is 1. The SMILES string of the molecule is CC1CCNc2nc(CCCCO[C@@H]3CCN([C@@H](C(=O)O)c4ccccc4)C3)ccc21. The first-order chi connectivity index (χ1) is 15.1. The van der Waals surface area contributed by atoms with Crippen molar-refractivity contribution in [1.29, 1.82) is 0 Å². The molecule has 1 saturated heterocycles. The zero-order valence-electron chi connectivity index (χ0n) is 18.3. The molecule has 1 fully saturated rings. The van der Waals surface area contributed by atoms with E-state index in [1.54, 1.807) is 0 Å². The van der Waals surface area contributed by atoms with Crippen LogP contribution >= 0.6 is 0 Å². The topological polar surface area (TPSA) is 74.7 Å². The number of ether oxygens (including phenoxy) is 1. The minimum Gasteiger partial charge on any atom is -0.480 e. The number of carbonyl (C=O) groups is 1. The van der Waals surface area contributed by atoms with Gasteiger partial charge in [-0.3, -0.25) is 9.69 Å². The van der Waals surface area contributed by atoms with Gasteiger partial charge in [-0.25, -0.2) is 4.98 Å². The summed E-state index contributed by atoms with van der Waals surface area (Å²) < 4.78 is 6.07. The van der Waals surface area contributed by atoms with Gasteiger partial charge in [0, 0.05) is 31.9 Å². The summed E-state index contributed by atoms with van der Waals surface area (Å²) in [6.45, 7) is 5.40. The van der Waals surface area contributed by atoms with E-state index >= 15 is 0 Å². The van der Waals surface area contributed by atoms with Crippen LogP contribution < -0.4 is 5.32 Å². The summed E-state index contributed by atoms with van der Waals surface area (Å²) in [7, 11) is 0. The highest BCUT2D eigenvalue weighted by Crippen LogP contribution is 2.30. The van der Waals surface area contributed by atoms with Gasteiger partial charge in [-0.15, -0.1) is 0 Å². The van der Waals surface area contributed by atoms with Gasteiger partial charge in [0.1, 0.15) is 11.9 Å². The lowest BCUT2D eigenvalue weighted by Crippen LogP contribution is -2.33. The van der Waals surface area contributed by atoms with Gasteiger partial charge in [-0.2, -0.15) is 0 Å². The van der Waals surface area contributed by atoms with Crippen molar-refractivity contribution in [3.8, 4) is 0 Å². The third kappa shape index (κ3) is 5.43. The molecule has 6 nitrogen and oxygen atoms in total. The van der Waals surface area contributed by atoms with Gasteiger partial charge in [0.25, 0.3) is 0 Å². The van der Waals surface area contributed by atoms with Gasteiger partial charge in [-0.1, -0.05) is 43.3 Å². The fourth-order valence-electron chi connectivity index (χ4n) is 4.68. The number of carboxylic acid groups (broad SMARTS) is 1. The second-order valence-electron chi connectivity index (χ2n) is 8.74. The highest BCUT2D eigenvalue weighted by Gasteiger charge is 2.33. The summed E-state index contributed by atoms with van der Waals surface area (Å²) in [5.74, 6) is 0.845. The minimum atomic E-state index is -0.798. The zero-order chi connectivity index (χ0) is 21.6. The van der Waals surface area contributed by atoms with Gasteiger partial charge in [0.2, 0.25) is 0 Å². The van der Waals surface area contributed by atoms with Gasteiger partial charge < -0.3 is 15.2 Å². The van der Waals surface area contributed by atoms with Gasteiger partial charge >= 0.3 is 5.97 Å². The molecule has 0 spiro atoms. The Morgan fingerprint density at radius 2 is 2.06 bits per heavy atom. The van der Waals surface area contributed by atoms with Gasteiger partial charge in [0.05, 0.1) is 6.10 Å². The van der Waals surface area contributed by atoms with Crippen molar-refractivity contribution in [2.24, 2.45) is 0 Å². The van der Waals surface area contributed by atoms with Crippen LogP contribution in [-0.4, -0.2) is 53.3 Å². The lowest BCUT2D eigenvalue weighted by Gasteiger charge is -2.24. The van der Waals surface area contributed by atoms with E-state index in [2.05, 4.69) is 24.4 Å². The lowest BCUT2D eigenvalue weighted by atomic mass is 9.95. The number of hydrogen-bond donors (Lipinski definition) is 2. The quantitative estimate of drug-likeness (QED) is 0.588. The fourth-order valence-corrected chi connectivity index (χ4v) is 4.68. The number of aryl methyl sites for hydroxylation is 1. The molecule has 1 aromatic carbocycles. The summed E-state index contributed by atoms with van der Waals surface area (Å²) in [6, 6.07) is 13.3. The maximum atomic E-state index is 11.8. The Labute approximate surface area is 184 Å². The highest BCUT2D eigenvalue weighted by molar-refractivity contribution is 5.75. The molecule has 2 aliphatic heterocycles. The number of unbranched alkanes of at least 4 members (excludes halogenated alkanes) is 1. The van der Waals surface area contributed by atoms with Crippen LogP contribution in [0.4, 0.5) is 5.82 Å². The van der Waals surface area contributed by atoms with Crippen LogP contribution in [-0.2, 0) is 16.0 Å². The van der Waals surface area contributed by atoms with E-state index < -0.39 is 12.0 Å². The van der Waals surface area contributed by atoms with Crippen LogP contribution in [0.2, 0.25) is 0 Å². The molecule has 0 radical (unpaired) electrons. The molecule has 0 bridgehead atoms. The summed E-state index contributed by atoms with van der Waals surface area (Å²) >= 11 is 0. The number of fused-ring (bicyclic) bond motifs is 1. The average molecular weight is 424 g/mol. The van der Waals surface area contributed by atoms with Crippen LogP contribution in [0.5, 0.6) is 0 Å². The minimum absolute atomic E-state index is 0.109. The van der Waals surface area contributed by atoms with E-state index in [4.69, 9.17) is 9.72 Å². The highest BCUT2D eigenvalue weighted by atomic mass is 16.5. The molecule has 0 saturated carbocycles. The van der Waals surface area contributed by atoms with Crippen molar-refractivity contribution in [3.05, 3.63) is 59.3 Å². The Bertz CT molecular complexity index is 874. The second kappa shape index (κ2) is 10.2. The number of nitrogens with zero attached hydrogens (tertiary/aromatic N) is 2. The van der Waals surface area contributed by atoms with Crippen molar-refractivity contribution in [3.63, 3.8) is 0 Å². The number of likely N-dealkylation sites (tertiary alicyclic amines) is 1. The number of nitrogens with one attached hydrogen (secondary N) is 1. The molecule has 2 aromatic rings. The molecule has 0 amide bonds. The largest absolute Gasteiger partial charge is 0.480 e. The normalized spacial score (nSPS) is 22.0. The van der Waals surface area contributed by atoms with Crippen LogP contribution in [0.1, 0.15) is 61.4 Å². The van der Waals surface area contributed by atoms with Crippen LogP contribution in [0.3, 0.4) is 0 Å². The van der Waals surface area contributed by atoms with Crippen LogP contribution in [0.15, 0.2) is 42.5 Å². The Hall–Kier alpha value is -2.44. The molecule has 6 heteroatoms. The Kier molecular flexibility index (Phi) is 7.20. The molecule has 3 heterocycles. The van der Waals surface area contributed by atoms with Crippen LogP contribution in [0, 0.1) is 0 Å². The van der Waals surface area contributed by atoms with E-state index in [0.717, 1.165) is 55.8 Å². The van der Waals surface area contributed by atoms with E-state index in [1.165, 1.54) is 12.0 Å². The summed E-state index contributed by atoms with van der Waals surface area (Å²) in [6.07, 6.45) is 5.14. The molecule has 0 aliphatic carbocycles. The van der Waals surface area contributed by atoms with Crippen molar-refractivity contribution in [2.75, 3.05) is 31.6 Å². The van der Waals surface area contributed by atoms with Gasteiger partial charge in [0.15, 0.2) is 0 Å². The van der Waals surface area contributed by atoms with Crippen LogP contribution in [0.25, 0.3) is 0 Å². The molecule has 2 aliphatic rings. The Balaban J connectivity index is 1.19. The van der Waals surface area contributed by atoms with E-state index in [0.29, 0.717) is 19.1 Å². The third-order valence-electron chi connectivity index (χ3n) is 6.46. The summed E-state index contributed by atoms with van der Waals surface area (Å²) in [5.41, 5.74) is 3.30. The molecule has 2 N–H and O–H groups in total. The Morgan fingerprint density at radius 3 is 2.87 bits per heavy atom. The number of hydrogen-bond acceptors (Lipinski definition) is 5. The maximum absolute atomic E-state index is 11.8. The molecule has 1 aromatic heterocycles. The van der Waals surface area contributed by atoms with Gasteiger partial charge in [-0.05, 0) is 55.2 Å². The number of rotatable bonds is 9.